The Labute approximate surface area is 104 Å². The summed E-state index contributed by atoms with van der Waals surface area (Å²) in [6.45, 7) is 0.191. The Balaban J connectivity index is 1.95. The first kappa shape index (κ1) is 12.5. The third-order valence-electron chi connectivity index (χ3n) is 2.55. The third-order valence-corrected chi connectivity index (χ3v) is 2.55. The van der Waals surface area contributed by atoms with Crippen LogP contribution < -0.4 is 5.73 Å². The fourth-order valence-corrected chi connectivity index (χ4v) is 1.57. The van der Waals surface area contributed by atoms with E-state index in [1.807, 2.05) is 0 Å². The average molecular weight is 249 g/mol. The summed E-state index contributed by atoms with van der Waals surface area (Å²) in [6.07, 6.45) is 0. The van der Waals surface area contributed by atoms with E-state index in [2.05, 4.69) is 0 Å². The van der Waals surface area contributed by atoms with Crippen LogP contribution in [0, 0.1) is 11.6 Å². The number of nitrogens with two attached hydrogens (primary N) is 1. The van der Waals surface area contributed by atoms with Crippen molar-refractivity contribution in [1.29, 1.82) is 0 Å². The van der Waals surface area contributed by atoms with Gasteiger partial charge in [-0.25, -0.2) is 8.78 Å². The van der Waals surface area contributed by atoms with Crippen LogP contribution in [0.4, 0.5) is 14.5 Å². The molecule has 0 saturated heterocycles. The zero-order chi connectivity index (χ0) is 13.0. The largest absolute Gasteiger partial charge is 0.399 e. The van der Waals surface area contributed by atoms with Gasteiger partial charge in [-0.05, 0) is 18.2 Å². The lowest BCUT2D eigenvalue weighted by Crippen LogP contribution is -1.99. The summed E-state index contributed by atoms with van der Waals surface area (Å²) in [7, 11) is 0. The van der Waals surface area contributed by atoms with Gasteiger partial charge in [0.2, 0.25) is 0 Å². The summed E-state index contributed by atoms with van der Waals surface area (Å²) in [6, 6.07) is 10.7. The van der Waals surface area contributed by atoms with Crippen LogP contribution in [0.5, 0.6) is 0 Å². The molecule has 94 valence electrons. The van der Waals surface area contributed by atoms with Gasteiger partial charge in [0.15, 0.2) is 0 Å². The normalized spacial score (nSPS) is 10.6. The molecule has 2 aromatic rings. The van der Waals surface area contributed by atoms with Gasteiger partial charge in [-0.15, -0.1) is 0 Å². The minimum atomic E-state index is -0.413. The average Bonchev–Trinajstić information content (AvgIpc) is 2.34. The molecule has 0 amide bonds. The first-order chi connectivity index (χ1) is 8.66. The topological polar surface area (TPSA) is 35.2 Å². The van der Waals surface area contributed by atoms with Crippen molar-refractivity contribution in [2.24, 2.45) is 0 Å². The molecule has 0 radical (unpaired) electrons. The first-order valence-electron chi connectivity index (χ1n) is 5.52. The Morgan fingerprint density at radius 1 is 0.889 bits per heavy atom. The molecule has 0 aliphatic heterocycles. The van der Waals surface area contributed by atoms with Crippen LogP contribution in [0.15, 0.2) is 42.5 Å². The maximum atomic E-state index is 13.4. The predicted octanol–water partition coefficient (Wildman–Crippen LogP) is 3.26. The summed E-state index contributed by atoms with van der Waals surface area (Å²) in [4.78, 5) is 0. The van der Waals surface area contributed by atoms with Crippen molar-refractivity contribution in [3.05, 3.63) is 65.2 Å². The molecule has 2 rings (SSSR count). The molecule has 0 heterocycles. The summed E-state index contributed by atoms with van der Waals surface area (Å²) >= 11 is 0. The Kier molecular flexibility index (Phi) is 3.89. The Morgan fingerprint density at radius 2 is 1.56 bits per heavy atom. The van der Waals surface area contributed by atoms with E-state index in [4.69, 9.17) is 10.5 Å². The molecule has 0 atom stereocenters. The van der Waals surface area contributed by atoms with Crippen molar-refractivity contribution in [3.63, 3.8) is 0 Å². The highest BCUT2D eigenvalue weighted by Gasteiger charge is 2.04. The minimum absolute atomic E-state index is 0.0838. The van der Waals surface area contributed by atoms with Gasteiger partial charge in [0.1, 0.15) is 11.6 Å². The lowest BCUT2D eigenvalue weighted by atomic mass is 10.2. The van der Waals surface area contributed by atoms with E-state index < -0.39 is 5.82 Å². The van der Waals surface area contributed by atoms with E-state index >= 15 is 0 Å². The van der Waals surface area contributed by atoms with Crippen LogP contribution in [0.1, 0.15) is 11.1 Å². The highest BCUT2D eigenvalue weighted by Crippen LogP contribution is 2.14. The molecule has 0 bridgehead atoms. The molecule has 0 aliphatic carbocycles. The van der Waals surface area contributed by atoms with Gasteiger partial charge < -0.3 is 10.5 Å². The molecule has 2 nitrogen and oxygen atoms in total. The summed E-state index contributed by atoms with van der Waals surface area (Å²) < 4.78 is 32.0. The predicted molar refractivity (Wildman–Crippen MR) is 65.7 cm³/mol. The van der Waals surface area contributed by atoms with Crippen LogP contribution in [0.25, 0.3) is 0 Å². The van der Waals surface area contributed by atoms with Crippen molar-refractivity contribution in [2.45, 2.75) is 13.2 Å². The van der Waals surface area contributed by atoms with Crippen LogP contribution in [0.2, 0.25) is 0 Å². The van der Waals surface area contributed by atoms with Crippen molar-refractivity contribution < 1.29 is 13.5 Å². The number of nitrogen functional groups attached to an aromatic ring is 1. The summed E-state index contributed by atoms with van der Waals surface area (Å²) in [5, 5.41) is 0. The van der Waals surface area contributed by atoms with Crippen LogP contribution in [-0.4, -0.2) is 0 Å². The van der Waals surface area contributed by atoms with E-state index in [1.54, 1.807) is 30.3 Å². The molecule has 2 aromatic carbocycles. The van der Waals surface area contributed by atoms with Gasteiger partial charge >= 0.3 is 0 Å². The lowest BCUT2D eigenvalue weighted by Gasteiger charge is -2.07. The van der Waals surface area contributed by atoms with Gasteiger partial charge in [0, 0.05) is 16.8 Å². The standard InChI is InChI=1S/C14H13F2NO/c15-13-4-2-1-3-10(13)8-18-9-11-5-6-12(17)7-14(11)16/h1-7H,8-9,17H2. The summed E-state index contributed by atoms with van der Waals surface area (Å²) in [5.74, 6) is -0.737. The molecular formula is C14H13F2NO. The molecule has 0 aliphatic rings. The molecule has 0 fully saturated rings. The smallest absolute Gasteiger partial charge is 0.130 e. The number of halogens is 2. The second-order valence-electron chi connectivity index (χ2n) is 3.94. The SMILES string of the molecule is Nc1ccc(COCc2ccccc2F)c(F)c1. The maximum absolute atomic E-state index is 13.4. The summed E-state index contributed by atoms with van der Waals surface area (Å²) in [5.41, 5.74) is 6.66. The van der Waals surface area contributed by atoms with Crippen LogP contribution in [0.3, 0.4) is 0 Å². The number of hydrogen-bond donors (Lipinski definition) is 1. The number of ether oxygens (including phenoxy) is 1. The van der Waals surface area contributed by atoms with Gasteiger partial charge in [-0.1, -0.05) is 24.3 Å². The van der Waals surface area contributed by atoms with E-state index in [0.29, 0.717) is 16.8 Å². The highest BCUT2D eigenvalue weighted by atomic mass is 19.1. The minimum Gasteiger partial charge on any atom is -0.399 e. The van der Waals surface area contributed by atoms with E-state index in [9.17, 15) is 8.78 Å². The van der Waals surface area contributed by atoms with E-state index in [1.165, 1.54) is 12.1 Å². The second kappa shape index (κ2) is 5.60. The van der Waals surface area contributed by atoms with E-state index in [0.717, 1.165) is 0 Å². The van der Waals surface area contributed by atoms with Crippen molar-refractivity contribution in [3.8, 4) is 0 Å². The number of rotatable bonds is 4. The zero-order valence-electron chi connectivity index (χ0n) is 9.70. The molecular weight excluding hydrogens is 236 g/mol. The molecule has 4 heteroatoms. The van der Waals surface area contributed by atoms with Crippen LogP contribution >= 0.6 is 0 Å². The molecule has 0 saturated carbocycles. The van der Waals surface area contributed by atoms with Crippen molar-refractivity contribution in [1.82, 2.24) is 0 Å². The van der Waals surface area contributed by atoms with Gasteiger partial charge in [0.05, 0.1) is 13.2 Å². The van der Waals surface area contributed by atoms with Crippen molar-refractivity contribution in [2.75, 3.05) is 5.73 Å². The fraction of sp³-hybridized carbons (Fsp3) is 0.143. The second-order valence-corrected chi connectivity index (χ2v) is 3.94. The third kappa shape index (κ3) is 3.05. The lowest BCUT2D eigenvalue weighted by molar-refractivity contribution is 0.102. The molecule has 0 aromatic heterocycles. The Morgan fingerprint density at radius 3 is 2.22 bits per heavy atom. The molecule has 0 unspecified atom stereocenters. The first-order valence-corrected chi connectivity index (χ1v) is 5.52. The quantitative estimate of drug-likeness (QED) is 0.844. The monoisotopic (exact) mass is 249 g/mol. The van der Waals surface area contributed by atoms with Crippen molar-refractivity contribution >= 4 is 5.69 Å². The molecule has 2 N–H and O–H groups in total. The number of hydrogen-bond acceptors (Lipinski definition) is 2. The van der Waals surface area contributed by atoms with Gasteiger partial charge in [-0.2, -0.15) is 0 Å². The fourth-order valence-electron chi connectivity index (χ4n) is 1.57. The highest BCUT2D eigenvalue weighted by molar-refractivity contribution is 5.40. The maximum Gasteiger partial charge on any atom is 0.130 e. The number of benzene rings is 2. The zero-order valence-corrected chi connectivity index (χ0v) is 9.70. The Hall–Kier alpha value is -1.94. The van der Waals surface area contributed by atoms with E-state index in [-0.39, 0.29) is 19.0 Å². The van der Waals surface area contributed by atoms with Gasteiger partial charge in [0.25, 0.3) is 0 Å². The van der Waals surface area contributed by atoms with Crippen LogP contribution in [-0.2, 0) is 18.0 Å². The Bertz CT molecular complexity index is 543. The molecule has 18 heavy (non-hydrogen) atoms. The molecule has 0 spiro atoms. The number of anilines is 1. The van der Waals surface area contributed by atoms with Gasteiger partial charge in [-0.3, -0.25) is 0 Å².